The van der Waals surface area contributed by atoms with Gasteiger partial charge in [0.15, 0.2) is 0 Å². The van der Waals surface area contributed by atoms with Gasteiger partial charge in [-0.3, -0.25) is 0 Å². The predicted molar refractivity (Wildman–Crippen MR) is 78.5 cm³/mol. The van der Waals surface area contributed by atoms with Crippen molar-refractivity contribution < 1.29 is 4.39 Å². The highest BCUT2D eigenvalue weighted by Crippen LogP contribution is 2.26. The van der Waals surface area contributed by atoms with E-state index in [1.54, 1.807) is 12.1 Å². The lowest BCUT2D eigenvalue weighted by molar-refractivity contribution is 0.621. The van der Waals surface area contributed by atoms with Crippen molar-refractivity contribution >= 4 is 39.0 Å². The van der Waals surface area contributed by atoms with Crippen LogP contribution in [-0.2, 0) is 6.42 Å². The van der Waals surface area contributed by atoms with E-state index < -0.39 is 0 Å². The minimum absolute atomic E-state index is 0.330. The number of nitrogens with one attached hydrogen (secondary N) is 1. The maximum atomic E-state index is 13.5. The fourth-order valence-electron chi connectivity index (χ4n) is 1.61. The van der Waals surface area contributed by atoms with Crippen molar-refractivity contribution in [1.29, 1.82) is 0 Å². The number of hydrogen-bond donors (Lipinski definition) is 1. The highest BCUT2D eigenvalue weighted by Gasteiger charge is 2.08. The van der Waals surface area contributed by atoms with Gasteiger partial charge in [0, 0.05) is 18.2 Å². The number of aromatic nitrogens is 2. The van der Waals surface area contributed by atoms with Gasteiger partial charge in [0.25, 0.3) is 0 Å². The number of benzene rings is 1. The molecule has 1 aromatic heterocycles. The van der Waals surface area contributed by atoms with Crippen molar-refractivity contribution in [2.75, 3.05) is 5.32 Å². The minimum Gasteiger partial charge on any atom is -0.340 e. The second-order valence-electron chi connectivity index (χ2n) is 4.05. The molecule has 2 rings (SSSR count). The summed E-state index contributed by atoms with van der Waals surface area (Å²) in [6.45, 7) is 3.83. The van der Waals surface area contributed by atoms with Gasteiger partial charge in [-0.15, -0.1) is 0 Å². The zero-order valence-electron chi connectivity index (χ0n) is 10.5. The molecule has 0 atom stereocenters. The van der Waals surface area contributed by atoms with Gasteiger partial charge in [-0.1, -0.05) is 18.5 Å². The summed E-state index contributed by atoms with van der Waals surface area (Å²) in [6.07, 6.45) is 0.683. The quantitative estimate of drug-likeness (QED) is 0.824. The van der Waals surface area contributed by atoms with Crippen molar-refractivity contribution in [2.45, 2.75) is 20.3 Å². The standard InChI is InChI=1S/C13H12BrClFN3/c1-3-12-18-11(15)6-13(19-12)17-10-5-9(16)8(14)4-7(10)2/h4-6H,3H2,1-2H3,(H,17,18,19). The molecule has 19 heavy (non-hydrogen) atoms. The van der Waals surface area contributed by atoms with E-state index in [2.05, 4.69) is 31.2 Å². The predicted octanol–water partition coefficient (Wildman–Crippen LogP) is 4.65. The minimum atomic E-state index is -0.330. The summed E-state index contributed by atoms with van der Waals surface area (Å²) in [4.78, 5) is 8.38. The van der Waals surface area contributed by atoms with Crippen molar-refractivity contribution in [3.63, 3.8) is 0 Å². The Balaban J connectivity index is 2.36. The summed E-state index contributed by atoms with van der Waals surface area (Å²) < 4.78 is 14.0. The maximum absolute atomic E-state index is 13.5. The molecule has 0 spiro atoms. The molecule has 6 heteroatoms. The highest BCUT2D eigenvalue weighted by atomic mass is 79.9. The van der Waals surface area contributed by atoms with Crippen molar-refractivity contribution in [1.82, 2.24) is 9.97 Å². The molecule has 0 saturated heterocycles. The molecule has 0 aliphatic rings. The largest absolute Gasteiger partial charge is 0.340 e. The molecule has 3 nitrogen and oxygen atoms in total. The Morgan fingerprint density at radius 3 is 2.74 bits per heavy atom. The number of hydrogen-bond acceptors (Lipinski definition) is 3. The zero-order valence-corrected chi connectivity index (χ0v) is 12.8. The van der Waals surface area contributed by atoms with Crippen LogP contribution in [0.1, 0.15) is 18.3 Å². The smallest absolute Gasteiger partial charge is 0.139 e. The van der Waals surface area contributed by atoms with Crippen LogP contribution in [0.25, 0.3) is 0 Å². The van der Waals surface area contributed by atoms with E-state index in [1.165, 1.54) is 6.07 Å². The summed E-state index contributed by atoms with van der Waals surface area (Å²) in [6, 6.07) is 4.74. The average Bonchev–Trinajstić information content (AvgIpc) is 2.35. The van der Waals surface area contributed by atoms with E-state index in [0.29, 0.717) is 33.4 Å². The Bertz CT molecular complexity index is 619. The average molecular weight is 345 g/mol. The summed E-state index contributed by atoms with van der Waals surface area (Å²) in [5, 5.41) is 3.42. The van der Waals surface area contributed by atoms with Crippen molar-refractivity contribution in [3.05, 3.63) is 45.0 Å². The number of aryl methyl sites for hydroxylation is 2. The zero-order chi connectivity index (χ0) is 14.0. The normalized spacial score (nSPS) is 10.6. The van der Waals surface area contributed by atoms with Gasteiger partial charge in [0.05, 0.1) is 4.47 Å². The molecule has 2 aromatic rings. The first-order chi connectivity index (χ1) is 8.99. The summed E-state index contributed by atoms with van der Waals surface area (Å²) in [5.74, 6) is 0.871. The molecule has 0 bridgehead atoms. The lowest BCUT2D eigenvalue weighted by atomic mass is 10.2. The van der Waals surface area contributed by atoms with Gasteiger partial charge in [-0.2, -0.15) is 0 Å². The molecule has 0 unspecified atom stereocenters. The molecule has 0 aliphatic heterocycles. The third kappa shape index (κ3) is 3.42. The maximum Gasteiger partial charge on any atom is 0.139 e. The topological polar surface area (TPSA) is 37.8 Å². The Morgan fingerprint density at radius 2 is 2.05 bits per heavy atom. The molecule has 0 saturated carbocycles. The first kappa shape index (κ1) is 14.2. The van der Waals surface area contributed by atoms with Crippen LogP contribution in [-0.4, -0.2) is 9.97 Å². The second-order valence-corrected chi connectivity index (χ2v) is 5.29. The highest BCUT2D eigenvalue weighted by molar-refractivity contribution is 9.10. The Labute approximate surface area is 124 Å². The molecule has 0 amide bonds. The van der Waals surface area contributed by atoms with E-state index in [4.69, 9.17) is 11.6 Å². The van der Waals surface area contributed by atoms with Gasteiger partial charge in [-0.05, 0) is 40.5 Å². The monoisotopic (exact) mass is 343 g/mol. The fraction of sp³-hybridized carbons (Fsp3) is 0.231. The number of rotatable bonds is 3. The first-order valence-corrected chi connectivity index (χ1v) is 6.93. The lowest BCUT2D eigenvalue weighted by Gasteiger charge is -2.11. The van der Waals surface area contributed by atoms with Gasteiger partial charge in [0.1, 0.15) is 22.6 Å². The van der Waals surface area contributed by atoms with E-state index in [0.717, 1.165) is 5.56 Å². The Hall–Kier alpha value is -1.20. The lowest BCUT2D eigenvalue weighted by Crippen LogP contribution is -2.01. The van der Waals surface area contributed by atoms with Gasteiger partial charge in [0.2, 0.25) is 0 Å². The van der Waals surface area contributed by atoms with Crippen LogP contribution < -0.4 is 5.32 Å². The Morgan fingerprint density at radius 1 is 1.32 bits per heavy atom. The molecule has 1 heterocycles. The van der Waals surface area contributed by atoms with Gasteiger partial charge in [-0.25, -0.2) is 14.4 Å². The van der Waals surface area contributed by atoms with Gasteiger partial charge >= 0.3 is 0 Å². The molecule has 100 valence electrons. The van der Waals surface area contributed by atoms with Crippen LogP contribution >= 0.6 is 27.5 Å². The summed E-state index contributed by atoms with van der Waals surface area (Å²) in [7, 11) is 0. The second kappa shape index (κ2) is 5.84. The van der Waals surface area contributed by atoms with Crippen molar-refractivity contribution in [3.8, 4) is 0 Å². The number of halogens is 3. The van der Waals surface area contributed by atoms with Crippen molar-refractivity contribution in [2.24, 2.45) is 0 Å². The van der Waals surface area contributed by atoms with Crippen LogP contribution in [0, 0.1) is 12.7 Å². The molecule has 1 N–H and O–H groups in total. The molecule has 0 radical (unpaired) electrons. The summed E-state index contributed by atoms with van der Waals surface area (Å²) in [5.41, 5.74) is 1.55. The van der Waals surface area contributed by atoms with Crippen LogP contribution in [0.15, 0.2) is 22.7 Å². The molecule has 1 aromatic carbocycles. The van der Waals surface area contributed by atoms with E-state index in [-0.39, 0.29) is 5.82 Å². The van der Waals surface area contributed by atoms with Gasteiger partial charge < -0.3 is 5.32 Å². The molecular weight excluding hydrogens is 333 g/mol. The third-order valence-corrected chi connectivity index (χ3v) is 3.39. The summed E-state index contributed by atoms with van der Waals surface area (Å²) >= 11 is 9.07. The number of nitrogens with zero attached hydrogens (tertiary/aromatic N) is 2. The fourth-order valence-corrected chi connectivity index (χ4v) is 2.26. The molecular formula is C13H12BrClFN3. The Kier molecular flexibility index (Phi) is 4.37. The van der Waals surface area contributed by atoms with Crippen LogP contribution in [0.5, 0.6) is 0 Å². The number of anilines is 2. The van der Waals surface area contributed by atoms with Crippen LogP contribution in [0.3, 0.4) is 0 Å². The first-order valence-electron chi connectivity index (χ1n) is 5.75. The van der Waals surface area contributed by atoms with Crippen LogP contribution in [0.4, 0.5) is 15.9 Å². The molecule has 0 fully saturated rings. The van der Waals surface area contributed by atoms with E-state index in [9.17, 15) is 4.39 Å². The SMILES string of the molecule is CCc1nc(Cl)cc(Nc2cc(F)c(Br)cc2C)n1. The molecule has 0 aliphatic carbocycles. The van der Waals surface area contributed by atoms with E-state index >= 15 is 0 Å². The van der Waals surface area contributed by atoms with Crippen LogP contribution in [0.2, 0.25) is 5.15 Å². The third-order valence-electron chi connectivity index (χ3n) is 2.59. The van der Waals surface area contributed by atoms with E-state index in [1.807, 2.05) is 13.8 Å².